The first-order chi connectivity index (χ1) is 8.62. The molecular formula is C15H17NO2. The summed E-state index contributed by atoms with van der Waals surface area (Å²) >= 11 is 0. The normalized spacial score (nSPS) is 29.2. The fourth-order valence-electron chi connectivity index (χ4n) is 2.92. The zero-order chi connectivity index (χ0) is 12.8. The summed E-state index contributed by atoms with van der Waals surface area (Å²) < 4.78 is 4.69. The van der Waals surface area contributed by atoms with E-state index in [2.05, 4.69) is 6.92 Å². The first-order valence-corrected chi connectivity index (χ1v) is 6.40. The minimum Gasteiger partial charge on any atom is -0.465 e. The summed E-state index contributed by atoms with van der Waals surface area (Å²) in [5.41, 5.74) is 3.11. The summed E-state index contributed by atoms with van der Waals surface area (Å²) in [6.45, 7) is 2.25. The van der Waals surface area contributed by atoms with Gasteiger partial charge >= 0.3 is 5.97 Å². The van der Waals surface area contributed by atoms with Crippen LogP contribution in [0.5, 0.6) is 0 Å². The molecule has 1 fully saturated rings. The van der Waals surface area contributed by atoms with Crippen LogP contribution in [0.1, 0.15) is 42.1 Å². The molecular weight excluding hydrogens is 226 g/mol. The van der Waals surface area contributed by atoms with E-state index in [1.807, 2.05) is 24.3 Å². The van der Waals surface area contributed by atoms with Crippen molar-refractivity contribution >= 4 is 11.7 Å². The molecule has 1 aromatic rings. The summed E-state index contributed by atoms with van der Waals surface area (Å²) in [6, 6.07) is 7.57. The van der Waals surface area contributed by atoms with Gasteiger partial charge in [0.25, 0.3) is 0 Å². The highest BCUT2D eigenvalue weighted by molar-refractivity contribution is 6.03. The third-order valence-corrected chi connectivity index (χ3v) is 4.35. The van der Waals surface area contributed by atoms with Gasteiger partial charge in [-0.25, -0.2) is 4.79 Å². The zero-order valence-corrected chi connectivity index (χ0v) is 10.8. The van der Waals surface area contributed by atoms with Gasteiger partial charge in [0.15, 0.2) is 0 Å². The van der Waals surface area contributed by atoms with Crippen LogP contribution >= 0.6 is 0 Å². The fourth-order valence-corrected chi connectivity index (χ4v) is 2.92. The highest BCUT2D eigenvalue weighted by atomic mass is 16.5. The van der Waals surface area contributed by atoms with Crippen LogP contribution in [0.15, 0.2) is 29.3 Å². The van der Waals surface area contributed by atoms with Gasteiger partial charge in [-0.1, -0.05) is 12.1 Å². The van der Waals surface area contributed by atoms with E-state index in [-0.39, 0.29) is 11.5 Å². The Morgan fingerprint density at radius 2 is 2.11 bits per heavy atom. The molecule has 1 aliphatic heterocycles. The van der Waals surface area contributed by atoms with Crippen molar-refractivity contribution in [2.45, 2.75) is 31.7 Å². The molecule has 3 rings (SSSR count). The maximum absolute atomic E-state index is 11.4. The predicted octanol–water partition coefficient (Wildman–Crippen LogP) is 2.83. The molecule has 18 heavy (non-hydrogen) atoms. The van der Waals surface area contributed by atoms with E-state index in [0.29, 0.717) is 5.56 Å². The van der Waals surface area contributed by atoms with Crippen molar-refractivity contribution in [1.82, 2.24) is 0 Å². The van der Waals surface area contributed by atoms with Crippen LogP contribution in [-0.4, -0.2) is 24.3 Å². The molecule has 1 aliphatic carbocycles. The van der Waals surface area contributed by atoms with E-state index in [1.54, 1.807) is 0 Å². The lowest BCUT2D eigenvalue weighted by molar-refractivity contribution is 0.0600. The molecule has 1 aromatic carbocycles. The molecule has 0 amide bonds. The monoisotopic (exact) mass is 243 g/mol. The number of esters is 1. The van der Waals surface area contributed by atoms with Gasteiger partial charge < -0.3 is 4.74 Å². The first-order valence-electron chi connectivity index (χ1n) is 6.40. The van der Waals surface area contributed by atoms with Crippen LogP contribution in [0.3, 0.4) is 0 Å². The number of nitrogens with zero attached hydrogens (tertiary/aromatic N) is 1. The Morgan fingerprint density at radius 1 is 1.39 bits per heavy atom. The molecule has 3 nitrogen and oxygen atoms in total. The van der Waals surface area contributed by atoms with E-state index < -0.39 is 0 Å². The van der Waals surface area contributed by atoms with Crippen LogP contribution in [-0.2, 0) is 4.74 Å². The standard InChI is InChI=1S/C15H17NO2/c1-15-8-7-12(15)9-13(16-15)10-3-5-11(6-4-10)14(17)18-2/h3-6,12H,7-9H2,1-2H3/t12-,15-/m0/s1. The summed E-state index contributed by atoms with van der Waals surface area (Å²) in [5, 5.41) is 0. The topological polar surface area (TPSA) is 38.7 Å². The van der Waals surface area contributed by atoms with E-state index in [0.717, 1.165) is 17.9 Å². The number of rotatable bonds is 2. The van der Waals surface area contributed by atoms with Gasteiger partial charge in [-0.15, -0.1) is 0 Å². The van der Waals surface area contributed by atoms with Gasteiger partial charge in [-0.2, -0.15) is 0 Å². The van der Waals surface area contributed by atoms with Crippen molar-refractivity contribution < 1.29 is 9.53 Å². The van der Waals surface area contributed by atoms with Crippen LogP contribution in [0.25, 0.3) is 0 Å². The summed E-state index contributed by atoms with van der Waals surface area (Å²) in [7, 11) is 1.40. The van der Waals surface area contributed by atoms with Gasteiger partial charge in [-0.05, 0) is 49.8 Å². The second-order valence-corrected chi connectivity index (χ2v) is 5.42. The van der Waals surface area contributed by atoms with Crippen molar-refractivity contribution in [3.8, 4) is 0 Å². The van der Waals surface area contributed by atoms with Gasteiger partial charge in [0, 0.05) is 5.71 Å². The Hall–Kier alpha value is -1.64. The summed E-state index contributed by atoms with van der Waals surface area (Å²) in [6.07, 6.45) is 3.58. The minimum absolute atomic E-state index is 0.191. The zero-order valence-electron chi connectivity index (χ0n) is 10.8. The lowest BCUT2D eigenvalue weighted by atomic mass is 9.68. The summed E-state index contributed by atoms with van der Waals surface area (Å²) in [4.78, 5) is 16.2. The lowest BCUT2D eigenvalue weighted by Gasteiger charge is -2.39. The van der Waals surface area contributed by atoms with Crippen molar-refractivity contribution in [3.05, 3.63) is 35.4 Å². The number of hydrogen-bond donors (Lipinski definition) is 0. The Balaban J connectivity index is 1.84. The smallest absolute Gasteiger partial charge is 0.337 e. The third kappa shape index (κ3) is 1.65. The maximum atomic E-state index is 11.4. The molecule has 0 N–H and O–H groups in total. The van der Waals surface area contributed by atoms with Gasteiger partial charge in [0.05, 0.1) is 18.2 Å². The van der Waals surface area contributed by atoms with E-state index in [9.17, 15) is 4.79 Å². The van der Waals surface area contributed by atoms with E-state index in [4.69, 9.17) is 9.73 Å². The molecule has 94 valence electrons. The Bertz CT molecular complexity index is 518. The van der Waals surface area contributed by atoms with Crippen molar-refractivity contribution in [3.63, 3.8) is 0 Å². The van der Waals surface area contributed by atoms with Gasteiger partial charge in [0.1, 0.15) is 0 Å². The van der Waals surface area contributed by atoms with Crippen LogP contribution in [0.2, 0.25) is 0 Å². The number of carbonyl (C=O) groups is 1. The average Bonchev–Trinajstić information content (AvgIpc) is 2.62. The van der Waals surface area contributed by atoms with E-state index in [1.165, 1.54) is 25.7 Å². The van der Waals surface area contributed by atoms with Crippen molar-refractivity contribution in [2.75, 3.05) is 7.11 Å². The van der Waals surface area contributed by atoms with Crippen LogP contribution in [0, 0.1) is 5.92 Å². The Morgan fingerprint density at radius 3 is 2.56 bits per heavy atom. The molecule has 1 saturated carbocycles. The second-order valence-electron chi connectivity index (χ2n) is 5.42. The minimum atomic E-state index is -0.290. The molecule has 1 heterocycles. The van der Waals surface area contributed by atoms with E-state index >= 15 is 0 Å². The Labute approximate surface area is 107 Å². The number of ether oxygens (including phenoxy) is 1. The number of aliphatic imine (C=N–C) groups is 1. The van der Waals surface area contributed by atoms with Crippen molar-refractivity contribution in [1.29, 1.82) is 0 Å². The lowest BCUT2D eigenvalue weighted by Crippen LogP contribution is -2.38. The summed E-state index contributed by atoms with van der Waals surface area (Å²) in [5.74, 6) is 0.440. The first kappa shape index (κ1) is 11.5. The quantitative estimate of drug-likeness (QED) is 0.749. The van der Waals surface area contributed by atoms with Gasteiger partial charge in [-0.3, -0.25) is 4.99 Å². The van der Waals surface area contributed by atoms with Gasteiger partial charge in [0.2, 0.25) is 0 Å². The Kier molecular flexibility index (Phi) is 2.51. The molecule has 0 saturated heterocycles. The highest BCUT2D eigenvalue weighted by Crippen LogP contribution is 2.48. The number of methoxy groups -OCH3 is 1. The SMILES string of the molecule is COC(=O)c1ccc(C2=N[C@@]3(C)CC[C@H]3C2)cc1. The number of benzene rings is 1. The molecule has 3 heteroatoms. The molecule has 0 aromatic heterocycles. The molecule has 0 radical (unpaired) electrons. The molecule has 0 bridgehead atoms. The number of carbonyl (C=O) groups excluding carboxylic acids is 1. The van der Waals surface area contributed by atoms with Crippen LogP contribution < -0.4 is 0 Å². The largest absolute Gasteiger partial charge is 0.465 e. The number of fused-ring (bicyclic) bond motifs is 1. The van der Waals surface area contributed by atoms with Crippen LogP contribution in [0.4, 0.5) is 0 Å². The maximum Gasteiger partial charge on any atom is 0.337 e. The average molecular weight is 243 g/mol. The molecule has 0 spiro atoms. The molecule has 2 atom stereocenters. The van der Waals surface area contributed by atoms with Crippen molar-refractivity contribution in [2.24, 2.45) is 10.9 Å². The highest BCUT2D eigenvalue weighted by Gasteiger charge is 2.47. The number of hydrogen-bond acceptors (Lipinski definition) is 3. The second kappa shape index (κ2) is 3.94. The third-order valence-electron chi connectivity index (χ3n) is 4.35. The molecule has 2 aliphatic rings. The fraction of sp³-hybridized carbons (Fsp3) is 0.467. The molecule has 0 unspecified atom stereocenters. The predicted molar refractivity (Wildman–Crippen MR) is 70.1 cm³/mol.